The Kier molecular flexibility index (Phi) is 5.97. The highest BCUT2D eigenvalue weighted by atomic mass is 35.5. The van der Waals surface area contributed by atoms with Crippen LogP contribution in [0, 0.1) is 6.92 Å². The zero-order valence-corrected chi connectivity index (χ0v) is 14.1. The topological polar surface area (TPSA) is 21.3 Å². The van der Waals surface area contributed by atoms with Crippen LogP contribution in [0.25, 0.3) is 0 Å². The minimum absolute atomic E-state index is 0.252. The number of benzene rings is 2. The third kappa shape index (κ3) is 4.40. The Bertz CT molecular complexity index is 586. The summed E-state index contributed by atoms with van der Waals surface area (Å²) in [5.74, 6) is 1.67. The summed E-state index contributed by atoms with van der Waals surface area (Å²) >= 11 is 7.92. The maximum absolute atomic E-state index is 6.08. The Labute approximate surface area is 135 Å². The van der Waals surface area contributed by atoms with E-state index in [0.29, 0.717) is 5.02 Å². The normalized spacial score (nSPS) is 12.2. The number of nitrogens with one attached hydrogen (secondary N) is 1. The van der Waals surface area contributed by atoms with Crippen LogP contribution in [0.1, 0.15) is 17.2 Å². The van der Waals surface area contributed by atoms with Crippen LogP contribution in [0.5, 0.6) is 5.75 Å². The molecule has 0 fully saturated rings. The van der Waals surface area contributed by atoms with E-state index >= 15 is 0 Å². The third-order valence-corrected chi connectivity index (χ3v) is 4.78. The molecule has 0 aliphatic rings. The number of halogens is 1. The number of ether oxygens (including phenoxy) is 1. The first kappa shape index (κ1) is 16.2. The first-order valence-electron chi connectivity index (χ1n) is 6.84. The minimum atomic E-state index is 0.252. The lowest BCUT2D eigenvalue weighted by atomic mass is 10.1. The van der Waals surface area contributed by atoms with Crippen molar-refractivity contribution in [1.29, 1.82) is 0 Å². The van der Waals surface area contributed by atoms with E-state index in [-0.39, 0.29) is 6.04 Å². The fraction of sp³-hybridized carbons (Fsp3) is 0.294. The molecule has 1 atom stereocenters. The second-order valence-corrected chi connectivity index (χ2v) is 6.36. The average molecular weight is 322 g/mol. The van der Waals surface area contributed by atoms with Crippen molar-refractivity contribution in [3.05, 3.63) is 58.6 Å². The van der Waals surface area contributed by atoms with Gasteiger partial charge in [0.05, 0.1) is 12.1 Å². The van der Waals surface area contributed by atoms with Crippen molar-refractivity contribution in [3.63, 3.8) is 0 Å². The van der Waals surface area contributed by atoms with E-state index in [2.05, 4.69) is 36.5 Å². The van der Waals surface area contributed by atoms with Crippen molar-refractivity contribution >= 4 is 23.4 Å². The molecule has 2 aromatic rings. The smallest absolute Gasteiger partial charge is 0.137 e. The molecule has 4 heteroatoms. The van der Waals surface area contributed by atoms with Gasteiger partial charge in [-0.1, -0.05) is 35.4 Å². The van der Waals surface area contributed by atoms with Crippen molar-refractivity contribution in [2.24, 2.45) is 0 Å². The lowest BCUT2D eigenvalue weighted by Gasteiger charge is -2.17. The number of rotatable bonds is 6. The van der Waals surface area contributed by atoms with E-state index in [1.54, 1.807) is 7.11 Å². The summed E-state index contributed by atoms with van der Waals surface area (Å²) in [6.07, 6.45) is 0. The highest BCUT2D eigenvalue weighted by Crippen LogP contribution is 2.30. The molecule has 0 aliphatic carbocycles. The van der Waals surface area contributed by atoms with E-state index in [9.17, 15) is 0 Å². The van der Waals surface area contributed by atoms with Gasteiger partial charge in [0, 0.05) is 16.7 Å². The molecule has 0 bridgehead atoms. The van der Waals surface area contributed by atoms with Gasteiger partial charge in [-0.2, -0.15) is 0 Å². The summed E-state index contributed by atoms with van der Waals surface area (Å²) in [7, 11) is 3.61. The van der Waals surface area contributed by atoms with E-state index in [0.717, 1.165) is 11.5 Å². The number of hydrogen-bond acceptors (Lipinski definition) is 3. The quantitative estimate of drug-likeness (QED) is 0.778. The summed E-state index contributed by atoms with van der Waals surface area (Å²) in [6, 6.07) is 14.8. The fourth-order valence-electron chi connectivity index (χ4n) is 2.05. The van der Waals surface area contributed by atoms with Gasteiger partial charge in [0.2, 0.25) is 0 Å². The van der Waals surface area contributed by atoms with Crippen LogP contribution < -0.4 is 10.1 Å². The van der Waals surface area contributed by atoms with Crippen molar-refractivity contribution < 1.29 is 4.74 Å². The van der Waals surface area contributed by atoms with E-state index < -0.39 is 0 Å². The van der Waals surface area contributed by atoms with Crippen LogP contribution in [0.2, 0.25) is 5.02 Å². The minimum Gasteiger partial charge on any atom is -0.495 e. The number of hydrogen-bond donors (Lipinski definition) is 1. The highest BCUT2D eigenvalue weighted by molar-refractivity contribution is 7.99. The van der Waals surface area contributed by atoms with Crippen LogP contribution >= 0.6 is 23.4 Å². The fourth-order valence-corrected chi connectivity index (χ4v) is 3.29. The number of aryl methyl sites for hydroxylation is 1. The molecule has 1 unspecified atom stereocenters. The second kappa shape index (κ2) is 7.74. The molecule has 0 spiro atoms. The molecular weight excluding hydrogens is 302 g/mol. The van der Waals surface area contributed by atoms with Gasteiger partial charge in [-0.15, -0.1) is 11.8 Å². The first-order chi connectivity index (χ1) is 10.1. The first-order valence-corrected chi connectivity index (χ1v) is 8.20. The zero-order chi connectivity index (χ0) is 15.2. The molecule has 2 nitrogen and oxygen atoms in total. The third-order valence-electron chi connectivity index (χ3n) is 3.36. The molecule has 112 valence electrons. The van der Waals surface area contributed by atoms with Gasteiger partial charge in [-0.3, -0.25) is 0 Å². The summed E-state index contributed by atoms with van der Waals surface area (Å²) in [5, 5.41) is 3.99. The van der Waals surface area contributed by atoms with Crippen molar-refractivity contribution in [1.82, 2.24) is 5.32 Å². The molecule has 0 heterocycles. The van der Waals surface area contributed by atoms with Crippen LogP contribution in [-0.2, 0) is 0 Å². The van der Waals surface area contributed by atoms with Crippen LogP contribution in [0.4, 0.5) is 0 Å². The summed E-state index contributed by atoms with van der Waals surface area (Å²) in [6.45, 7) is 2.10. The lowest BCUT2D eigenvalue weighted by Crippen LogP contribution is -2.18. The van der Waals surface area contributed by atoms with Crippen LogP contribution in [0.3, 0.4) is 0 Å². The molecule has 0 aliphatic heterocycles. The molecule has 0 saturated carbocycles. The maximum Gasteiger partial charge on any atom is 0.137 e. The van der Waals surface area contributed by atoms with E-state index in [4.69, 9.17) is 16.3 Å². The van der Waals surface area contributed by atoms with Crippen molar-refractivity contribution in [2.45, 2.75) is 17.9 Å². The summed E-state index contributed by atoms with van der Waals surface area (Å²) < 4.78 is 5.29. The molecule has 0 radical (unpaired) electrons. The van der Waals surface area contributed by atoms with Gasteiger partial charge in [-0.05, 0) is 43.8 Å². The average Bonchev–Trinajstić information content (AvgIpc) is 2.51. The standard InChI is InChI=1S/C17H20ClNOS/c1-12-4-7-14(8-5-12)21-11-16(19-2)13-6-9-15(18)17(10-13)20-3/h4-10,16,19H,11H2,1-3H3. The van der Waals surface area contributed by atoms with Crippen LogP contribution in [0.15, 0.2) is 47.4 Å². The second-order valence-electron chi connectivity index (χ2n) is 4.86. The molecular formula is C17H20ClNOS. The Balaban J connectivity index is 2.07. The molecule has 0 amide bonds. The molecule has 0 saturated heterocycles. The predicted molar refractivity (Wildman–Crippen MR) is 91.7 cm³/mol. The lowest BCUT2D eigenvalue weighted by molar-refractivity contribution is 0.414. The van der Waals surface area contributed by atoms with Gasteiger partial charge in [0.25, 0.3) is 0 Å². The van der Waals surface area contributed by atoms with E-state index in [1.807, 2.05) is 37.0 Å². The molecule has 2 aromatic carbocycles. The Morgan fingerprint density at radius 1 is 1.19 bits per heavy atom. The molecule has 0 aromatic heterocycles. The van der Waals surface area contributed by atoms with Crippen molar-refractivity contribution in [2.75, 3.05) is 19.9 Å². The maximum atomic E-state index is 6.08. The zero-order valence-electron chi connectivity index (χ0n) is 12.5. The number of methoxy groups -OCH3 is 1. The van der Waals surface area contributed by atoms with Gasteiger partial charge >= 0.3 is 0 Å². The molecule has 21 heavy (non-hydrogen) atoms. The van der Waals surface area contributed by atoms with Gasteiger partial charge in [0.1, 0.15) is 5.75 Å². The largest absolute Gasteiger partial charge is 0.495 e. The van der Waals surface area contributed by atoms with Crippen molar-refractivity contribution in [3.8, 4) is 5.75 Å². The van der Waals surface area contributed by atoms with Gasteiger partial charge < -0.3 is 10.1 Å². The summed E-state index contributed by atoms with van der Waals surface area (Å²) in [4.78, 5) is 1.28. The molecule has 1 N–H and O–H groups in total. The van der Waals surface area contributed by atoms with Crippen LogP contribution in [-0.4, -0.2) is 19.9 Å². The van der Waals surface area contributed by atoms with Gasteiger partial charge in [0.15, 0.2) is 0 Å². The summed E-state index contributed by atoms with van der Waals surface area (Å²) in [5.41, 5.74) is 2.46. The predicted octanol–water partition coefficient (Wildman–Crippen LogP) is 4.71. The molecule has 2 rings (SSSR count). The van der Waals surface area contributed by atoms with E-state index in [1.165, 1.54) is 16.0 Å². The number of thioether (sulfide) groups is 1. The Morgan fingerprint density at radius 3 is 2.52 bits per heavy atom. The Morgan fingerprint density at radius 2 is 1.90 bits per heavy atom. The monoisotopic (exact) mass is 321 g/mol. The SMILES string of the molecule is CNC(CSc1ccc(C)cc1)c1ccc(Cl)c(OC)c1. The van der Waals surface area contributed by atoms with Gasteiger partial charge in [-0.25, -0.2) is 0 Å². The Hall–Kier alpha value is -1.16. The highest BCUT2D eigenvalue weighted by Gasteiger charge is 2.12.